The van der Waals surface area contributed by atoms with E-state index in [2.05, 4.69) is 16.2 Å². The van der Waals surface area contributed by atoms with E-state index >= 15 is 0 Å². The third-order valence-electron chi connectivity index (χ3n) is 5.19. The number of benzene rings is 3. The molecule has 9 heteroatoms. The highest BCUT2D eigenvalue weighted by Gasteiger charge is 2.19. The quantitative estimate of drug-likeness (QED) is 0.278. The van der Waals surface area contributed by atoms with E-state index in [1.807, 2.05) is 25.1 Å². The van der Waals surface area contributed by atoms with Crippen LogP contribution in [0.15, 0.2) is 60.7 Å². The largest absolute Gasteiger partial charge is 0.493 e. The molecule has 0 spiro atoms. The molecule has 0 saturated carbocycles. The summed E-state index contributed by atoms with van der Waals surface area (Å²) in [6.45, 7) is 1.89. The van der Waals surface area contributed by atoms with Crippen molar-refractivity contribution in [1.82, 2.24) is 5.43 Å². The number of hydrogen-bond donors (Lipinski definition) is 3. The SMILES string of the molecule is COc1cc2sc(C(=O)NNc3ccc(NC(=O)c4ccccc4C)cc3)c(Cl)c2cc1OC. The summed E-state index contributed by atoms with van der Waals surface area (Å²) in [6.07, 6.45) is 0. The number of carbonyl (C=O) groups excluding carboxylic acids is 2. The molecule has 1 aromatic heterocycles. The number of methoxy groups -OCH3 is 2. The second kappa shape index (κ2) is 10.0. The predicted molar refractivity (Wildman–Crippen MR) is 137 cm³/mol. The van der Waals surface area contributed by atoms with Gasteiger partial charge in [-0.05, 0) is 48.9 Å². The Morgan fingerprint density at radius 1 is 0.882 bits per heavy atom. The Bertz CT molecular complexity index is 1370. The van der Waals surface area contributed by atoms with E-state index in [0.717, 1.165) is 10.3 Å². The van der Waals surface area contributed by atoms with Gasteiger partial charge in [0.15, 0.2) is 11.5 Å². The molecule has 1 heterocycles. The summed E-state index contributed by atoms with van der Waals surface area (Å²) in [7, 11) is 3.09. The minimum absolute atomic E-state index is 0.181. The minimum atomic E-state index is -0.374. The fourth-order valence-electron chi connectivity index (χ4n) is 3.39. The normalized spacial score (nSPS) is 10.6. The number of nitrogens with one attached hydrogen (secondary N) is 3. The van der Waals surface area contributed by atoms with Crippen molar-refractivity contribution in [2.45, 2.75) is 6.92 Å². The zero-order valence-corrected chi connectivity index (χ0v) is 20.3. The summed E-state index contributed by atoms with van der Waals surface area (Å²) in [4.78, 5) is 25.6. The maximum absolute atomic E-state index is 12.8. The Labute approximate surface area is 205 Å². The molecule has 0 aliphatic heterocycles. The van der Waals surface area contributed by atoms with Gasteiger partial charge in [-0.2, -0.15) is 0 Å². The zero-order chi connectivity index (χ0) is 24.2. The van der Waals surface area contributed by atoms with Crippen molar-refractivity contribution in [3.05, 3.63) is 81.7 Å². The second-order valence-corrected chi connectivity index (χ2v) is 8.80. The van der Waals surface area contributed by atoms with Gasteiger partial charge in [-0.15, -0.1) is 11.3 Å². The number of halogens is 1. The van der Waals surface area contributed by atoms with Gasteiger partial charge in [0.1, 0.15) is 4.88 Å². The second-order valence-electron chi connectivity index (χ2n) is 7.37. The zero-order valence-electron chi connectivity index (χ0n) is 18.7. The first kappa shape index (κ1) is 23.4. The van der Waals surface area contributed by atoms with Crippen LogP contribution in [0.5, 0.6) is 11.5 Å². The Balaban J connectivity index is 1.42. The van der Waals surface area contributed by atoms with E-state index in [1.54, 1.807) is 56.7 Å². The average Bonchev–Trinajstić information content (AvgIpc) is 3.18. The molecule has 0 saturated heterocycles. The van der Waals surface area contributed by atoms with Crippen LogP contribution in [0.25, 0.3) is 10.1 Å². The van der Waals surface area contributed by atoms with Gasteiger partial charge in [-0.25, -0.2) is 0 Å². The lowest BCUT2D eigenvalue weighted by molar-refractivity contribution is 0.0965. The first-order valence-electron chi connectivity index (χ1n) is 10.3. The molecule has 0 bridgehead atoms. The van der Waals surface area contributed by atoms with Gasteiger partial charge in [0, 0.05) is 27.4 Å². The monoisotopic (exact) mass is 495 g/mol. The molecule has 7 nitrogen and oxygen atoms in total. The Morgan fingerprint density at radius 2 is 1.53 bits per heavy atom. The van der Waals surface area contributed by atoms with Crippen molar-refractivity contribution in [2.75, 3.05) is 25.0 Å². The molecule has 4 rings (SSSR count). The lowest BCUT2D eigenvalue weighted by Crippen LogP contribution is -2.28. The maximum atomic E-state index is 12.8. The van der Waals surface area contributed by atoms with Crippen molar-refractivity contribution in [2.24, 2.45) is 0 Å². The molecule has 0 atom stereocenters. The van der Waals surface area contributed by atoms with Crippen LogP contribution in [-0.4, -0.2) is 26.0 Å². The van der Waals surface area contributed by atoms with Gasteiger partial charge in [-0.1, -0.05) is 29.8 Å². The summed E-state index contributed by atoms with van der Waals surface area (Å²) in [5.74, 6) is 0.544. The van der Waals surface area contributed by atoms with Crippen molar-refractivity contribution in [3.8, 4) is 11.5 Å². The van der Waals surface area contributed by atoms with Crippen molar-refractivity contribution in [1.29, 1.82) is 0 Å². The summed E-state index contributed by atoms with van der Waals surface area (Å²) in [6, 6.07) is 17.9. The van der Waals surface area contributed by atoms with E-state index < -0.39 is 0 Å². The number of aryl methyl sites for hydroxylation is 1. The molecule has 0 unspecified atom stereocenters. The van der Waals surface area contributed by atoms with Crippen LogP contribution in [0.2, 0.25) is 5.02 Å². The first-order valence-corrected chi connectivity index (χ1v) is 11.5. The smallest absolute Gasteiger partial charge is 0.281 e. The van der Waals surface area contributed by atoms with E-state index in [9.17, 15) is 9.59 Å². The first-order chi connectivity index (χ1) is 16.4. The van der Waals surface area contributed by atoms with E-state index in [0.29, 0.717) is 43.7 Å². The molecule has 34 heavy (non-hydrogen) atoms. The highest BCUT2D eigenvalue weighted by Crippen LogP contribution is 2.41. The van der Waals surface area contributed by atoms with E-state index in [4.69, 9.17) is 21.1 Å². The van der Waals surface area contributed by atoms with Gasteiger partial charge in [0.05, 0.1) is 24.9 Å². The third-order valence-corrected chi connectivity index (χ3v) is 6.85. The van der Waals surface area contributed by atoms with E-state index in [1.165, 1.54) is 11.3 Å². The molecule has 3 N–H and O–H groups in total. The summed E-state index contributed by atoms with van der Waals surface area (Å²) in [5, 5.41) is 3.92. The molecular formula is C25H22ClN3O4S. The fourth-order valence-corrected chi connectivity index (χ4v) is 4.80. The molecule has 0 aliphatic rings. The van der Waals surface area contributed by atoms with Gasteiger partial charge >= 0.3 is 0 Å². The summed E-state index contributed by atoms with van der Waals surface area (Å²) >= 11 is 7.73. The Kier molecular flexibility index (Phi) is 6.90. The number of thiophene rings is 1. The number of carbonyl (C=O) groups is 2. The van der Waals surface area contributed by atoms with Crippen molar-refractivity contribution >= 4 is 56.2 Å². The van der Waals surface area contributed by atoms with Crippen LogP contribution >= 0.6 is 22.9 Å². The molecule has 3 aromatic carbocycles. The maximum Gasteiger partial charge on any atom is 0.281 e. The number of hydrazine groups is 1. The van der Waals surface area contributed by atoms with Crippen molar-refractivity contribution < 1.29 is 19.1 Å². The summed E-state index contributed by atoms with van der Waals surface area (Å²) < 4.78 is 11.5. The topological polar surface area (TPSA) is 88.7 Å². The highest BCUT2D eigenvalue weighted by molar-refractivity contribution is 7.21. The molecule has 0 fully saturated rings. The number of anilines is 2. The van der Waals surface area contributed by atoms with Gasteiger partial charge < -0.3 is 14.8 Å². The van der Waals surface area contributed by atoms with Gasteiger partial charge in [-0.3, -0.25) is 20.4 Å². The number of fused-ring (bicyclic) bond motifs is 1. The summed E-state index contributed by atoms with van der Waals surface area (Å²) in [5.41, 5.74) is 8.32. The van der Waals surface area contributed by atoms with E-state index in [-0.39, 0.29) is 11.8 Å². The fraction of sp³-hybridized carbons (Fsp3) is 0.120. The highest BCUT2D eigenvalue weighted by atomic mass is 35.5. The molecule has 0 aliphatic carbocycles. The molecule has 174 valence electrons. The van der Waals surface area contributed by atoms with Crippen LogP contribution in [0.3, 0.4) is 0 Å². The van der Waals surface area contributed by atoms with Crippen LogP contribution < -0.4 is 25.6 Å². The third kappa shape index (κ3) is 4.78. The molecular weight excluding hydrogens is 474 g/mol. The number of amides is 2. The number of hydrogen-bond acceptors (Lipinski definition) is 6. The van der Waals surface area contributed by atoms with Gasteiger partial charge in [0.2, 0.25) is 0 Å². The Morgan fingerprint density at radius 3 is 2.21 bits per heavy atom. The van der Waals surface area contributed by atoms with Crippen LogP contribution in [0, 0.1) is 6.92 Å². The molecule has 2 amide bonds. The van der Waals surface area contributed by atoms with Crippen molar-refractivity contribution in [3.63, 3.8) is 0 Å². The standard InChI is InChI=1S/C25H22ClN3O4S/c1-14-6-4-5-7-17(14)24(30)27-15-8-10-16(11-9-15)28-29-25(31)23-22(26)18-12-19(32-2)20(33-3)13-21(18)34-23/h4-13,28H,1-3H3,(H,27,30)(H,29,31). The predicted octanol–water partition coefficient (Wildman–Crippen LogP) is 5.89. The Hall–Kier alpha value is -3.75. The lowest BCUT2D eigenvalue weighted by atomic mass is 10.1. The molecule has 4 aromatic rings. The molecule has 0 radical (unpaired) electrons. The lowest BCUT2D eigenvalue weighted by Gasteiger charge is -2.10. The minimum Gasteiger partial charge on any atom is -0.493 e. The van der Waals surface area contributed by atoms with Crippen LogP contribution in [-0.2, 0) is 0 Å². The average molecular weight is 496 g/mol. The number of rotatable bonds is 7. The van der Waals surface area contributed by atoms with Crippen LogP contribution in [0.1, 0.15) is 25.6 Å². The number of ether oxygens (including phenoxy) is 2. The van der Waals surface area contributed by atoms with Crippen LogP contribution in [0.4, 0.5) is 11.4 Å². The van der Waals surface area contributed by atoms with Gasteiger partial charge in [0.25, 0.3) is 11.8 Å².